The Bertz CT molecular complexity index is 635. The van der Waals surface area contributed by atoms with Gasteiger partial charge in [-0.1, -0.05) is 39.0 Å². The molecule has 3 rings (SSSR count). The van der Waals surface area contributed by atoms with Crippen molar-refractivity contribution in [1.82, 2.24) is 14.8 Å². The van der Waals surface area contributed by atoms with Gasteiger partial charge in [-0.25, -0.2) is 9.89 Å². The number of aromatic amines is 1. The van der Waals surface area contributed by atoms with Crippen LogP contribution in [0.3, 0.4) is 0 Å². The lowest BCUT2D eigenvalue weighted by Crippen LogP contribution is -2.36. The van der Waals surface area contributed by atoms with Gasteiger partial charge in [0.1, 0.15) is 6.10 Å². The van der Waals surface area contributed by atoms with E-state index in [9.17, 15) is 9.59 Å². The monoisotopic (exact) mass is 353 g/mol. The first-order chi connectivity index (χ1) is 11.5. The normalized spacial score (nSPS) is 27.4. The maximum Gasteiger partial charge on any atom is 0.344 e. The number of H-pyrrole nitrogens is 1. The third-order valence-electron chi connectivity index (χ3n) is 5.15. The van der Waals surface area contributed by atoms with Gasteiger partial charge in [0.05, 0.1) is 5.75 Å². The van der Waals surface area contributed by atoms with Crippen LogP contribution in [0.25, 0.3) is 0 Å². The van der Waals surface area contributed by atoms with Crippen molar-refractivity contribution in [2.24, 2.45) is 17.8 Å². The minimum atomic E-state index is -0.206. The first-order valence-electron chi connectivity index (χ1n) is 8.95. The summed E-state index contributed by atoms with van der Waals surface area (Å²) < 4.78 is 7.46. The summed E-state index contributed by atoms with van der Waals surface area (Å²) in [5.74, 6) is 1.58. The molecule has 1 aromatic rings. The number of esters is 1. The lowest BCUT2D eigenvalue weighted by Gasteiger charge is -2.36. The summed E-state index contributed by atoms with van der Waals surface area (Å²) in [5.41, 5.74) is -0.186. The molecule has 2 saturated carbocycles. The van der Waals surface area contributed by atoms with E-state index < -0.39 is 0 Å². The minimum absolute atomic E-state index is 0.0201. The number of hydrogen-bond acceptors (Lipinski definition) is 5. The Kier molecular flexibility index (Phi) is 5.37. The third-order valence-corrected chi connectivity index (χ3v) is 6.07. The zero-order chi connectivity index (χ0) is 17.3. The topological polar surface area (TPSA) is 77.0 Å². The number of nitrogens with one attached hydrogen (secondary N) is 1. The standard InChI is InChI=1S/C17H27N3O3S/c1-10(2)13-7-4-11(3)8-14(13)23-15(21)9-24-17-19-18-16(22)20(17)12-5-6-12/h10-14H,4-9H2,1-3H3,(H,18,22)/t11-,13+,14+/m0/s1. The summed E-state index contributed by atoms with van der Waals surface area (Å²) in [6.45, 7) is 6.63. The number of rotatable bonds is 6. The maximum atomic E-state index is 12.3. The number of carbonyl (C=O) groups is 1. The van der Waals surface area contributed by atoms with Crippen LogP contribution in [-0.4, -0.2) is 32.6 Å². The van der Waals surface area contributed by atoms with Crippen molar-refractivity contribution in [3.8, 4) is 0 Å². The van der Waals surface area contributed by atoms with Crippen LogP contribution in [0.1, 0.15) is 58.9 Å². The second-order valence-electron chi connectivity index (χ2n) is 7.56. The van der Waals surface area contributed by atoms with E-state index in [1.54, 1.807) is 4.57 Å². The van der Waals surface area contributed by atoms with Gasteiger partial charge in [-0.2, -0.15) is 0 Å². The summed E-state index contributed by atoms with van der Waals surface area (Å²) in [5, 5.41) is 7.10. The molecule has 1 aromatic heterocycles. The zero-order valence-corrected chi connectivity index (χ0v) is 15.5. The van der Waals surface area contributed by atoms with Crippen molar-refractivity contribution in [3.63, 3.8) is 0 Å². The van der Waals surface area contributed by atoms with E-state index in [0.717, 1.165) is 25.7 Å². The molecule has 0 unspecified atom stereocenters. The van der Waals surface area contributed by atoms with Crippen molar-refractivity contribution >= 4 is 17.7 Å². The average Bonchev–Trinajstić information content (AvgIpc) is 3.28. The van der Waals surface area contributed by atoms with Gasteiger partial charge in [0, 0.05) is 6.04 Å². The average molecular weight is 353 g/mol. The first-order valence-corrected chi connectivity index (χ1v) is 9.93. The summed E-state index contributed by atoms with van der Waals surface area (Å²) in [4.78, 5) is 24.0. The fraction of sp³-hybridized carbons (Fsp3) is 0.824. The van der Waals surface area contributed by atoms with Gasteiger partial charge in [0.25, 0.3) is 0 Å². The van der Waals surface area contributed by atoms with Crippen molar-refractivity contribution in [3.05, 3.63) is 10.5 Å². The van der Waals surface area contributed by atoms with E-state index >= 15 is 0 Å². The zero-order valence-electron chi connectivity index (χ0n) is 14.7. The second kappa shape index (κ2) is 7.33. The molecule has 0 aromatic carbocycles. The van der Waals surface area contributed by atoms with Gasteiger partial charge in [0.15, 0.2) is 5.16 Å². The summed E-state index contributed by atoms with van der Waals surface area (Å²) in [7, 11) is 0. The highest BCUT2D eigenvalue weighted by molar-refractivity contribution is 7.99. The fourth-order valence-corrected chi connectivity index (χ4v) is 4.42. The fourth-order valence-electron chi connectivity index (χ4n) is 3.62. The van der Waals surface area contributed by atoms with Gasteiger partial charge in [0.2, 0.25) is 0 Å². The SMILES string of the molecule is CC(C)[C@H]1CC[C@H](C)C[C@H]1OC(=O)CSc1n[nH]c(=O)n1C1CC1. The highest BCUT2D eigenvalue weighted by Gasteiger charge is 2.34. The number of nitrogens with zero attached hydrogens (tertiary/aromatic N) is 2. The minimum Gasteiger partial charge on any atom is -0.461 e. The van der Waals surface area contributed by atoms with E-state index in [4.69, 9.17) is 4.74 Å². The van der Waals surface area contributed by atoms with Gasteiger partial charge in [-0.05, 0) is 43.4 Å². The van der Waals surface area contributed by atoms with E-state index in [2.05, 4.69) is 31.0 Å². The van der Waals surface area contributed by atoms with E-state index in [1.165, 1.54) is 18.2 Å². The smallest absolute Gasteiger partial charge is 0.344 e. The van der Waals surface area contributed by atoms with Crippen LogP contribution >= 0.6 is 11.8 Å². The van der Waals surface area contributed by atoms with Crippen LogP contribution in [0.2, 0.25) is 0 Å². The molecule has 24 heavy (non-hydrogen) atoms. The highest BCUT2D eigenvalue weighted by atomic mass is 32.2. The molecule has 2 aliphatic carbocycles. The lowest BCUT2D eigenvalue weighted by atomic mass is 9.75. The Hall–Kier alpha value is -1.24. The molecule has 6 nitrogen and oxygen atoms in total. The molecule has 134 valence electrons. The number of carbonyl (C=O) groups excluding carboxylic acids is 1. The van der Waals surface area contributed by atoms with E-state index in [-0.39, 0.29) is 29.6 Å². The molecule has 3 atom stereocenters. The van der Waals surface area contributed by atoms with Gasteiger partial charge >= 0.3 is 11.7 Å². The molecule has 0 spiro atoms. The molecule has 7 heteroatoms. The maximum absolute atomic E-state index is 12.3. The van der Waals surface area contributed by atoms with E-state index in [0.29, 0.717) is 22.9 Å². The Labute approximate surface area is 146 Å². The molecule has 0 radical (unpaired) electrons. The molecule has 0 bridgehead atoms. The number of aromatic nitrogens is 3. The predicted octanol–water partition coefficient (Wildman–Crippen LogP) is 3.00. The van der Waals surface area contributed by atoms with Crippen molar-refractivity contribution < 1.29 is 9.53 Å². The van der Waals surface area contributed by atoms with Crippen molar-refractivity contribution in [1.29, 1.82) is 0 Å². The number of hydrogen-bond donors (Lipinski definition) is 1. The van der Waals surface area contributed by atoms with Crippen LogP contribution in [0.15, 0.2) is 9.95 Å². The molecule has 0 aliphatic heterocycles. The number of ether oxygens (including phenoxy) is 1. The summed E-state index contributed by atoms with van der Waals surface area (Å²) >= 11 is 1.29. The Morgan fingerprint density at radius 2 is 2.12 bits per heavy atom. The molecule has 1 heterocycles. The van der Waals surface area contributed by atoms with Crippen LogP contribution < -0.4 is 5.69 Å². The first kappa shape index (κ1) is 17.6. The van der Waals surface area contributed by atoms with Crippen molar-refractivity contribution in [2.75, 3.05) is 5.75 Å². The summed E-state index contributed by atoms with van der Waals surface area (Å²) in [6, 6.07) is 0.249. The third kappa shape index (κ3) is 4.05. The highest BCUT2D eigenvalue weighted by Crippen LogP contribution is 2.37. The molecule has 2 fully saturated rings. The Balaban J connectivity index is 1.56. The quantitative estimate of drug-likeness (QED) is 0.628. The van der Waals surface area contributed by atoms with Gasteiger partial charge < -0.3 is 4.74 Å². The molecular formula is C17H27N3O3S. The number of thioether (sulfide) groups is 1. The van der Waals surface area contributed by atoms with Gasteiger partial charge in [-0.15, -0.1) is 5.10 Å². The summed E-state index contributed by atoms with van der Waals surface area (Å²) in [6.07, 6.45) is 5.33. The molecular weight excluding hydrogens is 326 g/mol. The molecule has 1 N–H and O–H groups in total. The van der Waals surface area contributed by atoms with E-state index in [1.807, 2.05) is 0 Å². The van der Waals surface area contributed by atoms with Gasteiger partial charge in [-0.3, -0.25) is 9.36 Å². The largest absolute Gasteiger partial charge is 0.461 e. The lowest BCUT2D eigenvalue weighted by molar-refractivity contribution is -0.152. The Morgan fingerprint density at radius 3 is 2.79 bits per heavy atom. The van der Waals surface area contributed by atoms with Crippen LogP contribution in [0, 0.1) is 17.8 Å². The Morgan fingerprint density at radius 1 is 1.38 bits per heavy atom. The molecule has 0 amide bonds. The molecule has 2 aliphatic rings. The van der Waals surface area contributed by atoms with Crippen molar-refractivity contribution in [2.45, 2.75) is 70.2 Å². The second-order valence-corrected chi connectivity index (χ2v) is 8.50. The predicted molar refractivity (Wildman–Crippen MR) is 93.1 cm³/mol. The molecule has 0 saturated heterocycles. The van der Waals surface area contributed by atoms with Crippen LogP contribution in [0.5, 0.6) is 0 Å². The van der Waals surface area contributed by atoms with Crippen LogP contribution in [-0.2, 0) is 9.53 Å². The van der Waals surface area contributed by atoms with Crippen LogP contribution in [0.4, 0.5) is 0 Å².